The first-order chi connectivity index (χ1) is 6.33. The van der Waals surface area contributed by atoms with Gasteiger partial charge in [-0.15, -0.1) is 0 Å². The third-order valence-electron chi connectivity index (χ3n) is 2.73. The van der Waals surface area contributed by atoms with Crippen LogP contribution in [0.3, 0.4) is 0 Å². The fourth-order valence-electron chi connectivity index (χ4n) is 1.88. The second-order valence-electron chi connectivity index (χ2n) is 4.01. The lowest BCUT2D eigenvalue weighted by molar-refractivity contribution is -0.122. The first kappa shape index (κ1) is 10.6. The van der Waals surface area contributed by atoms with Crippen LogP contribution in [0.1, 0.15) is 58.3 Å². The molecule has 0 atom stereocenters. The molecule has 1 aliphatic rings. The minimum atomic E-state index is 0.258. The van der Waals surface area contributed by atoms with Crippen LogP contribution in [0.15, 0.2) is 0 Å². The highest BCUT2D eigenvalue weighted by molar-refractivity contribution is 5.76. The second kappa shape index (κ2) is 6.01. The normalized spacial score (nSPS) is 18.5. The fraction of sp³-hybridized carbons (Fsp3) is 0.909. The van der Waals surface area contributed by atoms with Gasteiger partial charge in [0.05, 0.1) is 0 Å². The molecule has 13 heavy (non-hydrogen) atoms. The highest BCUT2D eigenvalue weighted by atomic mass is 16.1. The van der Waals surface area contributed by atoms with Crippen LogP contribution in [0.2, 0.25) is 0 Å². The predicted octanol–water partition coefficient (Wildman–Crippen LogP) is 2.63. The van der Waals surface area contributed by atoms with Crippen molar-refractivity contribution >= 4 is 5.91 Å². The Morgan fingerprint density at radius 3 is 2.62 bits per heavy atom. The van der Waals surface area contributed by atoms with Crippen LogP contribution in [0.5, 0.6) is 0 Å². The highest BCUT2D eigenvalue weighted by Crippen LogP contribution is 2.17. The molecule has 0 radical (unpaired) electrons. The number of carbonyl (C=O) groups is 1. The van der Waals surface area contributed by atoms with E-state index in [4.69, 9.17) is 0 Å². The summed E-state index contributed by atoms with van der Waals surface area (Å²) in [6.07, 6.45) is 9.16. The van der Waals surface area contributed by atoms with E-state index in [0.717, 1.165) is 12.8 Å². The Bertz CT molecular complexity index is 150. The Morgan fingerprint density at radius 1 is 1.31 bits per heavy atom. The zero-order valence-corrected chi connectivity index (χ0v) is 8.64. The average molecular weight is 183 g/mol. The van der Waals surface area contributed by atoms with Crippen molar-refractivity contribution in [3.05, 3.63) is 0 Å². The standard InChI is InChI=1S/C11H21NO/c1-2-3-9-11(13)12-10-7-5-4-6-8-10/h10H,2-9H2,1H3,(H,12,13). The molecule has 1 fully saturated rings. The Morgan fingerprint density at radius 2 is 2.00 bits per heavy atom. The van der Waals surface area contributed by atoms with Gasteiger partial charge >= 0.3 is 0 Å². The number of hydrogen-bond donors (Lipinski definition) is 1. The Hall–Kier alpha value is -0.530. The van der Waals surface area contributed by atoms with E-state index >= 15 is 0 Å². The maximum atomic E-state index is 11.4. The van der Waals surface area contributed by atoms with E-state index in [0.29, 0.717) is 12.5 Å². The van der Waals surface area contributed by atoms with Crippen LogP contribution >= 0.6 is 0 Å². The maximum absolute atomic E-state index is 11.4. The molecule has 1 rings (SSSR count). The molecule has 0 aromatic heterocycles. The summed E-state index contributed by atoms with van der Waals surface area (Å²) in [5.74, 6) is 0.258. The summed E-state index contributed by atoms with van der Waals surface area (Å²) in [5, 5.41) is 3.11. The van der Waals surface area contributed by atoms with Crippen molar-refractivity contribution in [2.45, 2.75) is 64.3 Å². The zero-order chi connectivity index (χ0) is 9.52. The molecule has 2 heteroatoms. The van der Waals surface area contributed by atoms with Crippen LogP contribution in [0, 0.1) is 0 Å². The molecule has 1 N–H and O–H groups in total. The van der Waals surface area contributed by atoms with E-state index in [-0.39, 0.29) is 5.91 Å². The van der Waals surface area contributed by atoms with E-state index in [9.17, 15) is 4.79 Å². The quantitative estimate of drug-likeness (QED) is 0.713. The molecule has 1 aliphatic carbocycles. The Balaban J connectivity index is 2.11. The van der Waals surface area contributed by atoms with E-state index in [1.54, 1.807) is 0 Å². The van der Waals surface area contributed by atoms with Gasteiger partial charge in [-0.3, -0.25) is 4.79 Å². The second-order valence-corrected chi connectivity index (χ2v) is 4.01. The van der Waals surface area contributed by atoms with E-state index in [1.807, 2.05) is 0 Å². The molecule has 0 spiro atoms. The van der Waals surface area contributed by atoms with Gasteiger partial charge in [0.1, 0.15) is 0 Å². The molecule has 0 aliphatic heterocycles. The van der Waals surface area contributed by atoms with Gasteiger partial charge in [0.15, 0.2) is 0 Å². The number of hydrogen-bond acceptors (Lipinski definition) is 1. The molecule has 76 valence electrons. The van der Waals surface area contributed by atoms with Crippen molar-refractivity contribution in [1.82, 2.24) is 5.32 Å². The third kappa shape index (κ3) is 4.30. The number of unbranched alkanes of at least 4 members (excludes halogenated alkanes) is 1. The monoisotopic (exact) mass is 183 g/mol. The van der Waals surface area contributed by atoms with E-state index < -0.39 is 0 Å². The van der Waals surface area contributed by atoms with Crippen molar-refractivity contribution in [3.63, 3.8) is 0 Å². The van der Waals surface area contributed by atoms with Crippen LogP contribution in [-0.2, 0) is 4.79 Å². The number of carbonyl (C=O) groups excluding carboxylic acids is 1. The van der Waals surface area contributed by atoms with Gasteiger partial charge in [-0.1, -0.05) is 32.6 Å². The van der Waals surface area contributed by atoms with Crippen molar-refractivity contribution in [2.75, 3.05) is 0 Å². The fourth-order valence-corrected chi connectivity index (χ4v) is 1.88. The van der Waals surface area contributed by atoms with Gasteiger partial charge in [-0.25, -0.2) is 0 Å². The molecular weight excluding hydrogens is 162 g/mol. The van der Waals surface area contributed by atoms with Gasteiger partial charge in [0.2, 0.25) is 5.91 Å². The van der Waals surface area contributed by atoms with E-state index in [2.05, 4.69) is 12.2 Å². The lowest BCUT2D eigenvalue weighted by atomic mass is 9.95. The topological polar surface area (TPSA) is 29.1 Å². The molecule has 0 heterocycles. The summed E-state index contributed by atoms with van der Waals surface area (Å²) in [6.45, 7) is 2.12. The predicted molar refractivity (Wildman–Crippen MR) is 54.5 cm³/mol. The summed E-state index contributed by atoms with van der Waals surface area (Å²) in [4.78, 5) is 11.4. The molecule has 1 saturated carbocycles. The molecular formula is C11H21NO. The summed E-state index contributed by atoms with van der Waals surface area (Å²) in [6, 6.07) is 0.484. The summed E-state index contributed by atoms with van der Waals surface area (Å²) < 4.78 is 0. The highest BCUT2D eigenvalue weighted by Gasteiger charge is 2.14. The van der Waals surface area contributed by atoms with Crippen LogP contribution < -0.4 is 5.32 Å². The van der Waals surface area contributed by atoms with Crippen molar-refractivity contribution in [3.8, 4) is 0 Å². The van der Waals surface area contributed by atoms with Gasteiger partial charge in [0, 0.05) is 12.5 Å². The molecule has 0 bridgehead atoms. The third-order valence-corrected chi connectivity index (χ3v) is 2.73. The number of amides is 1. The maximum Gasteiger partial charge on any atom is 0.220 e. The van der Waals surface area contributed by atoms with Crippen LogP contribution in [-0.4, -0.2) is 11.9 Å². The molecule has 0 aromatic carbocycles. The lowest BCUT2D eigenvalue weighted by Gasteiger charge is -2.22. The van der Waals surface area contributed by atoms with Crippen molar-refractivity contribution < 1.29 is 4.79 Å². The largest absolute Gasteiger partial charge is 0.353 e. The van der Waals surface area contributed by atoms with Crippen LogP contribution in [0.25, 0.3) is 0 Å². The average Bonchev–Trinajstić information content (AvgIpc) is 2.16. The Labute approximate surface area is 81.1 Å². The molecule has 0 unspecified atom stereocenters. The Kier molecular flexibility index (Phi) is 4.87. The summed E-state index contributed by atoms with van der Waals surface area (Å²) >= 11 is 0. The molecule has 0 aromatic rings. The first-order valence-electron chi connectivity index (χ1n) is 5.62. The van der Waals surface area contributed by atoms with E-state index in [1.165, 1.54) is 32.1 Å². The lowest BCUT2D eigenvalue weighted by Crippen LogP contribution is -2.35. The smallest absolute Gasteiger partial charge is 0.220 e. The van der Waals surface area contributed by atoms with Gasteiger partial charge in [-0.05, 0) is 19.3 Å². The van der Waals surface area contributed by atoms with Gasteiger partial charge in [-0.2, -0.15) is 0 Å². The summed E-state index contributed by atoms with van der Waals surface area (Å²) in [7, 11) is 0. The summed E-state index contributed by atoms with van der Waals surface area (Å²) in [5.41, 5.74) is 0. The minimum Gasteiger partial charge on any atom is -0.353 e. The minimum absolute atomic E-state index is 0.258. The van der Waals surface area contributed by atoms with Gasteiger partial charge in [0.25, 0.3) is 0 Å². The first-order valence-corrected chi connectivity index (χ1v) is 5.62. The van der Waals surface area contributed by atoms with Crippen molar-refractivity contribution in [1.29, 1.82) is 0 Å². The van der Waals surface area contributed by atoms with Crippen molar-refractivity contribution in [2.24, 2.45) is 0 Å². The SMILES string of the molecule is CCCCC(=O)NC1CCCCC1. The zero-order valence-electron chi connectivity index (χ0n) is 8.64. The van der Waals surface area contributed by atoms with Crippen LogP contribution in [0.4, 0.5) is 0 Å². The molecule has 2 nitrogen and oxygen atoms in total. The number of nitrogens with one attached hydrogen (secondary N) is 1. The molecule has 1 amide bonds. The van der Waals surface area contributed by atoms with Gasteiger partial charge < -0.3 is 5.32 Å². The number of rotatable bonds is 4. The molecule has 0 saturated heterocycles.